The number of thioether (sulfide) groups is 1. The van der Waals surface area contributed by atoms with Gasteiger partial charge in [-0.1, -0.05) is 17.8 Å². The molecule has 3 aromatic rings. The van der Waals surface area contributed by atoms with E-state index in [-0.39, 0.29) is 18.1 Å². The van der Waals surface area contributed by atoms with Gasteiger partial charge in [-0.2, -0.15) is 0 Å². The zero-order valence-corrected chi connectivity index (χ0v) is 16.9. The first kappa shape index (κ1) is 19.4. The average Bonchev–Trinajstić information content (AvgIpc) is 3.34. The Kier molecular flexibility index (Phi) is 6.12. The molecule has 0 unspecified atom stereocenters. The smallest absolute Gasteiger partial charge is 0.340 e. The highest BCUT2D eigenvalue weighted by Crippen LogP contribution is 2.23. The second-order valence-corrected chi connectivity index (χ2v) is 7.85. The molecule has 0 spiro atoms. The molecule has 0 aromatic carbocycles. The van der Waals surface area contributed by atoms with Crippen LogP contribution in [0.3, 0.4) is 0 Å². The Bertz CT molecular complexity index is 944. The van der Waals surface area contributed by atoms with Crippen LogP contribution in [0.25, 0.3) is 0 Å². The second kappa shape index (κ2) is 8.53. The Morgan fingerprint density at radius 2 is 2.04 bits per heavy atom. The van der Waals surface area contributed by atoms with Gasteiger partial charge in [0.15, 0.2) is 5.78 Å². The molecule has 9 heteroatoms. The summed E-state index contributed by atoms with van der Waals surface area (Å²) in [4.78, 5) is 33.6. The summed E-state index contributed by atoms with van der Waals surface area (Å²) in [5, 5.41) is 9.59. The van der Waals surface area contributed by atoms with Crippen molar-refractivity contribution >= 4 is 34.9 Å². The number of hydrogen-bond acceptors (Lipinski definition) is 7. The molecule has 0 aliphatic carbocycles. The molecule has 0 amide bonds. The van der Waals surface area contributed by atoms with E-state index in [1.807, 2.05) is 17.5 Å². The zero-order chi connectivity index (χ0) is 19.4. The Morgan fingerprint density at radius 1 is 1.26 bits per heavy atom. The maximum atomic E-state index is 12.7. The number of carbonyl (C=O) groups is 2. The van der Waals surface area contributed by atoms with E-state index >= 15 is 0 Å². The Balaban J connectivity index is 1.68. The molecule has 7 nitrogen and oxygen atoms in total. The van der Waals surface area contributed by atoms with Crippen LogP contribution >= 0.6 is 23.1 Å². The number of aromatic amines is 2. The lowest BCUT2D eigenvalue weighted by atomic mass is 10.1. The molecule has 0 fully saturated rings. The van der Waals surface area contributed by atoms with Gasteiger partial charge >= 0.3 is 5.97 Å². The molecule has 0 saturated heterocycles. The first-order valence-electron chi connectivity index (χ1n) is 8.45. The van der Waals surface area contributed by atoms with Gasteiger partial charge in [-0.3, -0.25) is 9.89 Å². The number of Topliss-reactive ketones (excluding diaryl/α,β-unsaturated/α-hetero) is 1. The summed E-state index contributed by atoms with van der Waals surface area (Å²) in [7, 11) is 0. The fraction of sp³-hybridized carbons (Fsp3) is 0.333. The lowest BCUT2D eigenvalue weighted by Gasteiger charge is -2.05. The standard InChI is InChI=1S/C18H20N4O3S2/c1-4-25-17(24)16-11(3)19-10(2)15(16)13(23)9-27-18-20-14(21-22-18)8-12-6-5-7-26-12/h5-7,19H,4,8-9H2,1-3H3,(H,20,21,22). The van der Waals surface area contributed by atoms with E-state index in [9.17, 15) is 9.59 Å². The van der Waals surface area contributed by atoms with Crippen LogP contribution in [-0.4, -0.2) is 44.3 Å². The van der Waals surface area contributed by atoms with E-state index in [2.05, 4.69) is 20.2 Å². The summed E-state index contributed by atoms with van der Waals surface area (Å²) in [5.74, 6) is 0.257. The predicted molar refractivity (Wildman–Crippen MR) is 105 cm³/mol. The maximum Gasteiger partial charge on any atom is 0.340 e. The van der Waals surface area contributed by atoms with Gasteiger partial charge in [0.2, 0.25) is 5.16 Å². The highest BCUT2D eigenvalue weighted by molar-refractivity contribution is 7.99. The van der Waals surface area contributed by atoms with Gasteiger partial charge in [-0.25, -0.2) is 9.78 Å². The quantitative estimate of drug-likeness (QED) is 0.338. The van der Waals surface area contributed by atoms with E-state index in [4.69, 9.17) is 4.74 Å². The number of H-pyrrole nitrogens is 2. The fourth-order valence-corrected chi connectivity index (χ4v) is 4.19. The first-order valence-corrected chi connectivity index (χ1v) is 10.3. The summed E-state index contributed by atoms with van der Waals surface area (Å²) in [6, 6.07) is 4.03. The Morgan fingerprint density at radius 3 is 2.74 bits per heavy atom. The van der Waals surface area contributed by atoms with Gasteiger partial charge in [-0.15, -0.1) is 16.4 Å². The zero-order valence-electron chi connectivity index (χ0n) is 15.3. The molecule has 142 valence electrons. The maximum absolute atomic E-state index is 12.7. The van der Waals surface area contributed by atoms with Crippen molar-refractivity contribution in [2.45, 2.75) is 32.3 Å². The SMILES string of the molecule is CCOC(=O)c1c(C)[nH]c(C)c1C(=O)CSc1n[nH]c(Cc2cccs2)n1. The van der Waals surface area contributed by atoms with Crippen molar-refractivity contribution in [2.24, 2.45) is 0 Å². The molecule has 3 heterocycles. The third kappa shape index (κ3) is 4.48. The van der Waals surface area contributed by atoms with Crippen LogP contribution in [-0.2, 0) is 11.2 Å². The molecule has 0 aliphatic heterocycles. The Hall–Kier alpha value is -2.39. The highest BCUT2D eigenvalue weighted by atomic mass is 32.2. The van der Waals surface area contributed by atoms with Crippen LogP contribution in [0, 0.1) is 13.8 Å². The van der Waals surface area contributed by atoms with Crippen molar-refractivity contribution in [3.63, 3.8) is 0 Å². The monoisotopic (exact) mass is 404 g/mol. The van der Waals surface area contributed by atoms with E-state index in [1.165, 1.54) is 16.6 Å². The van der Waals surface area contributed by atoms with Gasteiger partial charge in [-0.05, 0) is 32.2 Å². The van der Waals surface area contributed by atoms with Crippen LogP contribution in [0.5, 0.6) is 0 Å². The topological polar surface area (TPSA) is 101 Å². The number of nitrogens with zero attached hydrogens (tertiary/aromatic N) is 2. The largest absolute Gasteiger partial charge is 0.462 e. The van der Waals surface area contributed by atoms with Crippen molar-refractivity contribution in [1.82, 2.24) is 20.2 Å². The molecule has 2 N–H and O–H groups in total. The van der Waals surface area contributed by atoms with Gasteiger partial charge in [0, 0.05) is 22.7 Å². The number of nitrogens with one attached hydrogen (secondary N) is 2. The van der Waals surface area contributed by atoms with Crippen LogP contribution in [0.2, 0.25) is 0 Å². The summed E-state index contributed by atoms with van der Waals surface area (Å²) in [6.07, 6.45) is 0.683. The van der Waals surface area contributed by atoms with E-state index in [1.54, 1.807) is 32.1 Å². The average molecular weight is 405 g/mol. The van der Waals surface area contributed by atoms with Gasteiger partial charge in [0.25, 0.3) is 0 Å². The molecular weight excluding hydrogens is 384 g/mol. The minimum absolute atomic E-state index is 0.140. The molecule has 27 heavy (non-hydrogen) atoms. The molecule has 0 bridgehead atoms. The third-order valence-corrected chi connectivity index (χ3v) is 5.62. The minimum atomic E-state index is -0.483. The van der Waals surface area contributed by atoms with Gasteiger partial charge < -0.3 is 9.72 Å². The van der Waals surface area contributed by atoms with Crippen molar-refractivity contribution in [2.75, 3.05) is 12.4 Å². The molecule has 3 rings (SSSR count). The normalized spacial score (nSPS) is 10.9. The number of ether oxygens (including phenoxy) is 1. The van der Waals surface area contributed by atoms with Crippen LogP contribution in [0.15, 0.2) is 22.7 Å². The molecule has 0 radical (unpaired) electrons. The van der Waals surface area contributed by atoms with E-state index in [0.717, 1.165) is 5.82 Å². The van der Waals surface area contributed by atoms with Gasteiger partial charge in [0.1, 0.15) is 5.82 Å². The lowest BCUT2D eigenvalue weighted by molar-refractivity contribution is 0.0522. The summed E-state index contributed by atoms with van der Waals surface area (Å²) < 4.78 is 5.08. The number of thiophene rings is 1. The molecule has 0 atom stereocenters. The van der Waals surface area contributed by atoms with Crippen LogP contribution in [0.4, 0.5) is 0 Å². The van der Waals surface area contributed by atoms with E-state index < -0.39 is 5.97 Å². The Labute approximate surface area is 164 Å². The number of ketones is 1. The van der Waals surface area contributed by atoms with Crippen molar-refractivity contribution in [1.29, 1.82) is 0 Å². The highest BCUT2D eigenvalue weighted by Gasteiger charge is 2.25. The van der Waals surface area contributed by atoms with Gasteiger partial charge in [0.05, 0.1) is 23.5 Å². The van der Waals surface area contributed by atoms with Crippen molar-refractivity contribution < 1.29 is 14.3 Å². The number of carbonyl (C=O) groups excluding carboxylic acids is 2. The molecule has 0 aliphatic rings. The number of aromatic nitrogens is 4. The van der Waals surface area contributed by atoms with Crippen LogP contribution in [0.1, 0.15) is 49.7 Å². The molecule has 0 saturated carbocycles. The number of rotatable bonds is 8. The molecule has 3 aromatic heterocycles. The number of esters is 1. The van der Waals surface area contributed by atoms with Crippen molar-refractivity contribution in [3.8, 4) is 0 Å². The second-order valence-electron chi connectivity index (χ2n) is 5.88. The fourth-order valence-electron chi connectivity index (χ4n) is 2.79. The third-order valence-electron chi connectivity index (χ3n) is 3.90. The minimum Gasteiger partial charge on any atom is -0.462 e. The first-order chi connectivity index (χ1) is 13.0. The lowest BCUT2D eigenvalue weighted by Crippen LogP contribution is -2.13. The summed E-state index contributed by atoms with van der Waals surface area (Å²) in [5.41, 5.74) is 1.99. The molecular formula is C18H20N4O3S2. The predicted octanol–water partition coefficient (Wildman–Crippen LogP) is 3.55. The number of aryl methyl sites for hydroxylation is 2. The van der Waals surface area contributed by atoms with Crippen LogP contribution < -0.4 is 0 Å². The summed E-state index contributed by atoms with van der Waals surface area (Å²) in [6.45, 7) is 5.53. The number of hydrogen-bond donors (Lipinski definition) is 2. The van der Waals surface area contributed by atoms with Crippen molar-refractivity contribution in [3.05, 3.63) is 50.7 Å². The summed E-state index contributed by atoms with van der Waals surface area (Å²) >= 11 is 2.90. The van der Waals surface area contributed by atoms with E-state index in [0.29, 0.717) is 34.1 Å².